The summed E-state index contributed by atoms with van der Waals surface area (Å²) in [6.07, 6.45) is 4.53. The van der Waals surface area contributed by atoms with E-state index in [4.69, 9.17) is 0 Å². The van der Waals surface area contributed by atoms with E-state index >= 15 is 0 Å². The molecule has 2 heterocycles. The van der Waals surface area contributed by atoms with Gasteiger partial charge in [0.2, 0.25) is 5.91 Å². The molecule has 168 valence electrons. The largest absolute Gasteiger partial charge is 0.341 e. The number of rotatable bonds is 7. The highest BCUT2D eigenvalue weighted by molar-refractivity contribution is 7.93. The fourth-order valence-electron chi connectivity index (χ4n) is 3.51. The number of aromatic nitrogens is 2. The normalized spacial score (nSPS) is 19.3. The number of amides is 2. The van der Waals surface area contributed by atoms with Crippen LogP contribution in [-0.2, 0) is 27.5 Å². The zero-order chi connectivity index (χ0) is 22.3. The van der Waals surface area contributed by atoms with Gasteiger partial charge in [0.1, 0.15) is 0 Å². The van der Waals surface area contributed by atoms with Crippen molar-refractivity contribution in [2.45, 2.75) is 26.3 Å². The Balaban J connectivity index is 1.54. The minimum absolute atomic E-state index is 0.0229. The van der Waals surface area contributed by atoms with Gasteiger partial charge >= 0.3 is 0 Å². The van der Waals surface area contributed by atoms with Gasteiger partial charge in [-0.3, -0.25) is 19.2 Å². The zero-order valence-electron chi connectivity index (χ0n) is 18.3. The standard InChI is InChI=1S/C22H31N5O3S/c1-3-27-17-20(16-23-27)22(29)24-31(30)14-7-11-26(13-15-31)21(28)18-25(2)12-10-19-8-5-4-6-9-19/h4-6,8-9,16-17H,3,7,10-15,18H2,1-2H3. The van der Waals surface area contributed by atoms with E-state index in [0.29, 0.717) is 43.9 Å². The van der Waals surface area contributed by atoms with Crippen molar-refractivity contribution in [2.24, 2.45) is 4.36 Å². The Kier molecular flexibility index (Phi) is 7.97. The van der Waals surface area contributed by atoms with E-state index in [2.05, 4.69) is 21.6 Å². The molecule has 0 saturated carbocycles. The number of aryl methyl sites for hydroxylation is 1. The Hall–Kier alpha value is -2.52. The molecular weight excluding hydrogens is 414 g/mol. The molecule has 8 nitrogen and oxygen atoms in total. The molecule has 1 aliphatic heterocycles. The minimum atomic E-state index is -2.68. The van der Waals surface area contributed by atoms with E-state index in [1.54, 1.807) is 15.8 Å². The first-order valence-electron chi connectivity index (χ1n) is 10.7. The Morgan fingerprint density at radius 3 is 2.68 bits per heavy atom. The molecule has 0 N–H and O–H groups in total. The van der Waals surface area contributed by atoms with Crippen LogP contribution < -0.4 is 0 Å². The molecule has 1 unspecified atom stereocenters. The second-order valence-electron chi connectivity index (χ2n) is 7.87. The summed E-state index contributed by atoms with van der Waals surface area (Å²) in [6.45, 7) is 4.58. The molecule has 1 aromatic carbocycles. The first-order valence-corrected chi connectivity index (χ1v) is 12.5. The average molecular weight is 446 g/mol. The molecule has 0 aliphatic carbocycles. The summed E-state index contributed by atoms with van der Waals surface area (Å²) in [5, 5.41) is 4.07. The van der Waals surface area contributed by atoms with Crippen LogP contribution in [0.25, 0.3) is 0 Å². The highest BCUT2D eigenvalue weighted by Gasteiger charge is 2.23. The summed E-state index contributed by atoms with van der Waals surface area (Å²) in [4.78, 5) is 28.9. The molecule has 2 aromatic rings. The summed E-state index contributed by atoms with van der Waals surface area (Å²) in [5.74, 6) is 0.0777. The molecule has 2 amide bonds. The molecule has 1 saturated heterocycles. The zero-order valence-corrected chi connectivity index (χ0v) is 19.1. The molecule has 1 aliphatic rings. The summed E-state index contributed by atoms with van der Waals surface area (Å²) < 4.78 is 18.9. The quantitative estimate of drug-likeness (QED) is 0.650. The first kappa shape index (κ1) is 23.1. The Morgan fingerprint density at radius 1 is 1.19 bits per heavy atom. The van der Waals surface area contributed by atoms with Gasteiger partial charge in [-0.25, -0.2) is 4.21 Å². The van der Waals surface area contributed by atoms with Crippen molar-refractivity contribution in [3.63, 3.8) is 0 Å². The first-order chi connectivity index (χ1) is 14.9. The molecule has 3 rings (SSSR count). The molecule has 31 heavy (non-hydrogen) atoms. The van der Waals surface area contributed by atoms with E-state index in [9.17, 15) is 13.8 Å². The van der Waals surface area contributed by atoms with E-state index in [0.717, 1.165) is 13.0 Å². The summed E-state index contributed by atoms with van der Waals surface area (Å²) in [7, 11) is -0.745. The van der Waals surface area contributed by atoms with Gasteiger partial charge in [0.25, 0.3) is 5.91 Å². The number of nitrogens with zero attached hydrogens (tertiary/aromatic N) is 5. The molecule has 1 aromatic heterocycles. The van der Waals surface area contributed by atoms with E-state index < -0.39 is 15.6 Å². The number of carbonyl (C=O) groups excluding carboxylic acids is 2. The van der Waals surface area contributed by atoms with Crippen LogP contribution in [0.1, 0.15) is 29.3 Å². The van der Waals surface area contributed by atoms with E-state index in [1.165, 1.54) is 11.8 Å². The molecular formula is C22H31N5O3S. The van der Waals surface area contributed by atoms with Gasteiger partial charge in [-0.2, -0.15) is 9.46 Å². The minimum Gasteiger partial charge on any atom is -0.341 e. The van der Waals surface area contributed by atoms with Crippen LogP contribution in [0.2, 0.25) is 0 Å². The lowest BCUT2D eigenvalue weighted by Gasteiger charge is -2.23. The van der Waals surface area contributed by atoms with E-state index in [-0.39, 0.29) is 11.7 Å². The predicted molar refractivity (Wildman–Crippen MR) is 121 cm³/mol. The monoisotopic (exact) mass is 445 g/mol. The van der Waals surface area contributed by atoms with Crippen molar-refractivity contribution in [1.82, 2.24) is 19.6 Å². The molecule has 1 fully saturated rings. The van der Waals surface area contributed by atoms with Crippen molar-refractivity contribution in [3.05, 3.63) is 53.9 Å². The van der Waals surface area contributed by atoms with Gasteiger partial charge in [-0.05, 0) is 32.4 Å². The van der Waals surface area contributed by atoms with Crippen molar-refractivity contribution in [3.8, 4) is 0 Å². The van der Waals surface area contributed by atoms with Crippen LogP contribution in [0.5, 0.6) is 0 Å². The van der Waals surface area contributed by atoms with Gasteiger partial charge in [0.15, 0.2) is 0 Å². The van der Waals surface area contributed by atoms with Crippen molar-refractivity contribution in [1.29, 1.82) is 0 Å². The van der Waals surface area contributed by atoms with Crippen LogP contribution >= 0.6 is 0 Å². The van der Waals surface area contributed by atoms with Gasteiger partial charge < -0.3 is 4.90 Å². The number of hydrogen-bond acceptors (Lipinski definition) is 5. The number of carbonyl (C=O) groups is 2. The second-order valence-corrected chi connectivity index (χ2v) is 10.4. The second kappa shape index (κ2) is 10.7. The summed E-state index contributed by atoms with van der Waals surface area (Å²) >= 11 is 0. The molecule has 0 radical (unpaired) electrons. The van der Waals surface area contributed by atoms with Gasteiger partial charge in [0, 0.05) is 43.9 Å². The third kappa shape index (κ3) is 6.73. The summed E-state index contributed by atoms with van der Waals surface area (Å²) in [6, 6.07) is 10.2. The van der Waals surface area contributed by atoms with Crippen molar-refractivity contribution in [2.75, 3.05) is 44.7 Å². The van der Waals surface area contributed by atoms with Gasteiger partial charge in [-0.1, -0.05) is 30.3 Å². The molecule has 1 atom stereocenters. The maximum absolute atomic E-state index is 13.2. The Bertz CT molecular complexity index is 1010. The number of likely N-dealkylation sites (N-methyl/N-ethyl adjacent to an activating group) is 1. The SMILES string of the molecule is CCn1cc(C(=O)N=S2(=O)CCCN(C(=O)CN(C)CCc3ccccc3)CC2)cn1. The number of benzene rings is 1. The van der Waals surface area contributed by atoms with Crippen LogP contribution in [-0.4, -0.2) is 80.3 Å². The lowest BCUT2D eigenvalue weighted by atomic mass is 10.1. The highest BCUT2D eigenvalue weighted by Crippen LogP contribution is 2.12. The van der Waals surface area contributed by atoms with Crippen molar-refractivity contribution < 1.29 is 13.8 Å². The molecule has 0 bridgehead atoms. The Labute approximate surface area is 184 Å². The van der Waals surface area contributed by atoms with Crippen molar-refractivity contribution >= 4 is 21.5 Å². The Morgan fingerprint density at radius 2 is 1.97 bits per heavy atom. The third-order valence-corrected chi connectivity index (χ3v) is 7.65. The highest BCUT2D eigenvalue weighted by atomic mass is 32.2. The molecule has 0 spiro atoms. The smallest absolute Gasteiger partial charge is 0.288 e. The maximum Gasteiger partial charge on any atom is 0.288 e. The van der Waals surface area contributed by atoms with Crippen LogP contribution in [0.4, 0.5) is 0 Å². The van der Waals surface area contributed by atoms with Crippen LogP contribution in [0.15, 0.2) is 47.1 Å². The summed E-state index contributed by atoms with van der Waals surface area (Å²) in [5.41, 5.74) is 1.59. The van der Waals surface area contributed by atoms with Crippen LogP contribution in [0.3, 0.4) is 0 Å². The molecule has 9 heteroatoms. The maximum atomic E-state index is 13.2. The lowest BCUT2D eigenvalue weighted by Crippen LogP contribution is -2.41. The van der Waals surface area contributed by atoms with Gasteiger partial charge in [-0.15, -0.1) is 0 Å². The predicted octanol–water partition coefficient (Wildman–Crippen LogP) is 1.92. The fraction of sp³-hybridized carbons (Fsp3) is 0.500. The average Bonchev–Trinajstić information content (AvgIpc) is 3.16. The van der Waals surface area contributed by atoms with E-state index in [1.807, 2.05) is 37.1 Å². The van der Waals surface area contributed by atoms with Gasteiger partial charge in [0.05, 0.1) is 28.0 Å². The fourth-order valence-corrected chi connectivity index (χ4v) is 5.39. The van der Waals surface area contributed by atoms with Crippen LogP contribution in [0, 0.1) is 0 Å². The number of hydrogen-bond donors (Lipinski definition) is 0. The lowest BCUT2D eigenvalue weighted by molar-refractivity contribution is -0.131. The topological polar surface area (TPSA) is 87.9 Å². The third-order valence-electron chi connectivity index (χ3n) is 5.41.